The summed E-state index contributed by atoms with van der Waals surface area (Å²) in [5.74, 6) is 0.638. The van der Waals surface area contributed by atoms with Gasteiger partial charge in [0, 0.05) is 14.1 Å². The molecule has 0 radical (unpaired) electrons. The third-order valence-corrected chi connectivity index (χ3v) is 5.91. The number of aromatic nitrogens is 3. The fourth-order valence-electron chi connectivity index (χ4n) is 4.52. The van der Waals surface area contributed by atoms with Crippen LogP contribution >= 0.6 is 0 Å². The van der Waals surface area contributed by atoms with Crippen LogP contribution in [-0.4, -0.2) is 20.3 Å². The smallest absolute Gasteiger partial charge is 0.331 e. The highest BCUT2D eigenvalue weighted by Crippen LogP contribution is 2.45. The van der Waals surface area contributed by atoms with Gasteiger partial charge in [-0.25, -0.2) is 4.79 Å². The minimum atomic E-state index is -0.523. The monoisotopic (exact) mass is 405 g/mol. The Kier molecular flexibility index (Phi) is 3.95. The minimum absolute atomic E-state index is 0.317. The van der Waals surface area contributed by atoms with Crippen LogP contribution in [0, 0.1) is 0 Å². The molecule has 0 N–H and O–H groups in total. The highest BCUT2D eigenvalue weighted by molar-refractivity contribution is 5.96. The number of hydrogen-bond donors (Lipinski definition) is 0. The highest BCUT2D eigenvalue weighted by Gasteiger charge is 2.41. The molecule has 1 aliphatic rings. The number of rotatable bonds is 2. The third-order valence-electron chi connectivity index (χ3n) is 5.91. The molecule has 1 aromatic carbocycles. The Morgan fingerprint density at radius 3 is 2.40 bits per heavy atom. The molecule has 0 fully saturated rings. The first-order chi connectivity index (χ1) is 14.3. The van der Waals surface area contributed by atoms with E-state index in [1.807, 2.05) is 42.5 Å². The van der Waals surface area contributed by atoms with E-state index in [1.54, 1.807) is 13.3 Å². The first-order valence-electron chi connectivity index (χ1n) is 9.88. The first kappa shape index (κ1) is 18.7. The summed E-state index contributed by atoms with van der Waals surface area (Å²) < 4.78 is 16.8. The molecule has 1 aliphatic heterocycles. The van der Waals surface area contributed by atoms with Gasteiger partial charge in [0.15, 0.2) is 6.10 Å². The van der Waals surface area contributed by atoms with Gasteiger partial charge < -0.3 is 13.7 Å². The first-order valence-corrected chi connectivity index (χ1v) is 9.88. The average molecular weight is 405 g/mol. The highest BCUT2D eigenvalue weighted by atomic mass is 16.5. The van der Waals surface area contributed by atoms with Gasteiger partial charge in [-0.15, -0.1) is 0 Å². The summed E-state index contributed by atoms with van der Waals surface area (Å²) in [6.45, 7) is 4.58. The number of nitrogens with zero attached hydrogens (tertiary/aromatic N) is 3. The summed E-state index contributed by atoms with van der Waals surface area (Å²) in [4.78, 5) is 26.2. The Morgan fingerprint density at radius 2 is 1.73 bits per heavy atom. The van der Waals surface area contributed by atoms with Crippen molar-refractivity contribution < 1.29 is 9.15 Å². The number of fused-ring (bicyclic) bond motifs is 3. The third kappa shape index (κ3) is 2.42. The summed E-state index contributed by atoms with van der Waals surface area (Å²) in [5, 5.41) is 0.510. The lowest BCUT2D eigenvalue weighted by Crippen LogP contribution is -2.40. The van der Waals surface area contributed by atoms with Crippen molar-refractivity contribution in [3.8, 4) is 11.3 Å². The van der Waals surface area contributed by atoms with Gasteiger partial charge in [-0.05, 0) is 31.5 Å². The minimum Gasteiger partial charge on any atom is -0.466 e. The van der Waals surface area contributed by atoms with Crippen LogP contribution < -0.4 is 11.2 Å². The molecule has 1 unspecified atom stereocenters. The van der Waals surface area contributed by atoms with E-state index in [0.29, 0.717) is 23.3 Å². The molecule has 0 spiro atoms. The summed E-state index contributed by atoms with van der Waals surface area (Å²) in [6, 6.07) is 13.5. The molecule has 4 aromatic rings. The second kappa shape index (κ2) is 6.34. The average Bonchev–Trinajstić information content (AvgIpc) is 3.38. The molecular weight excluding hydrogens is 382 g/mol. The van der Waals surface area contributed by atoms with Crippen molar-refractivity contribution >= 4 is 10.9 Å². The number of hydrogen-bond acceptors (Lipinski definition) is 4. The summed E-state index contributed by atoms with van der Waals surface area (Å²) in [6.07, 6.45) is 1.08. The van der Waals surface area contributed by atoms with Gasteiger partial charge in [0.2, 0.25) is 0 Å². The lowest BCUT2D eigenvalue weighted by molar-refractivity contribution is -0.0164. The van der Waals surface area contributed by atoms with E-state index >= 15 is 0 Å². The van der Waals surface area contributed by atoms with Crippen molar-refractivity contribution in [1.29, 1.82) is 0 Å². The number of furan rings is 1. The molecule has 154 valence electrons. The zero-order valence-electron chi connectivity index (χ0n) is 17.4. The predicted molar refractivity (Wildman–Crippen MR) is 114 cm³/mol. The fraction of sp³-hybridized carbons (Fsp3) is 0.304. The van der Waals surface area contributed by atoms with E-state index in [1.165, 1.54) is 11.6 Å². The Hall–Kier alpha value is -3.32. The summed E-state index contributed by atoms with van der Waals surface area (Å²) >= 11 is 0. The molecule has 7 heteroatoms. The second-order valence-electron chi connectivity index (χ2n) is 8.38. The lowest BCUT2D eigenvalue weighted by atomic mass is 10.0. The van der Waals surface area contributed by atoms with E-state index in [2.05, 4.69) is 18.4 Å². The summed E-state index contributed by atoms with van der Waals surface area (Å²) in [7, 11) is 3.21. The van der Waals surface area contributed by atoms with E-state index in [9.17, 15) is 9.59 Å². The van der Waals surface area contributed by atoms with Gasteiger partial charge in [-0.1, -0.05) is 30.3 Å². The van der Waals surface area contributed by atoms with Crippen molar-refractivity contribution in [2.24, 2.45) is 14.1 Å². The summed E-state index contributed by atoms with van der Waals surface area (Å²) in [5.41, 5.74) is 1.91. The molecule has 0 saturated carbocycles. The molecule has 0 bridgehead atoms. The molecule has 30 heavy (non-hydrogen) atoms. The van der Waals surface area contributed by atoms with Crippen LogP contribution in [0.1, 0.15) is 31.4 Å². The topological polar surface area (TPSA) is 71.3 Å². The van der Waals surface area contributed by atoms with Gasteiger partial charge in [0.05, 0.1) is 40.7 Å². The number of ether oxygens (including phenoxy) is 1. The van der Waals surface area contributed by atoms with Crippen LogP contribution in [0.4, 0.5) is 0 Å². The van der Waals surface area contributed by atoms with Crippen LogP contribution in [0.25, 0.3) is 22.2 Å². The Balaban J connectivity index is 2.05. The van der Waals surface area contributed by atoms with Crippen LogP contribution in [0.2, 0.25) is 0 Å². The van der Waals surface area contributed by atoms with Crippen LogP contribution in [-0.2, 0) is 24.4 Å². The molecule has 0 aliphatic carbocycles. The van der Waals surface area contributed by atoms with Gasteiger partial charge in [-0.3, -0.25) is 13.9 Å². The van der Waals surface area contributed by atoms with Crippen LogP contribution in [0.15, 0.2) is 62.7 Å². The largest absolute Gasteiger partial charge is 0.466 e. The molecular formula is C23H23N3O4. The van der Waals surface area contributed by atoms with Crippen molar-refractivity contribution in [2.75, 3.05) is 6.61 Å². The predicted octanol–water partition coefficient (Wildman–Crippen LogP) is 3.15. The van der Waals surface area contributed by atoms with Crippen molar-refractivity contribution in [3.63, 3.8) is 0 Å². The van der Waals surface area contributed by atoms with Crippen LogP contribution in [0.3, 0.4) is 0 Å². The van der Waals surface area contributed by atoms with Crippen molar-refractivity contribution in [3.05, 3.63) is 81.0 Å². The molecule has 1 atom stereocenters. The molecule has 0 amide bonds. The Morgan fingerprint density at radius 1 is 1.00 bits per heavy atom. The zero-order valence-corrected chi connectivity index (χ0v) is 17.4. The standard InChI is InChI=1S/C23H23N3O4/c1-23(2)13-30-20(15-11-8-12-29-15)19-18-16(21(27)25(4)22(28)24(18)3)17(26(19)23)14-9-6-5-7-10-14/h5-12,20H,13H2,1-4H3. The molecule has 7 nitrogen and oxygen atoms in total. The van der Waals surface area contributed by atoms with Crippen LogP contribution in [0.5, 0.6) is 0 Å². The van der Waals surface area contributed by atoms with Gasteiger partial charge in [0.25, 0.3) is 5.56 Å². The zero-order chi connectivity index (χ0) is 21.2. The van der Waals surface area contributed by atoms with E-state index in [4.69, 9.17) is 9.15 Å². The second-order valence-corrected chi connectivity index (χ2v) is 8.38. The molecule has 3 aromatic heterocycles. The quantitative estimate of drug-likeness (QED) is 0.514. The molecule has 4 heterocycles. The molecule has 5 rings (SSSR count). The SMILES string of the molecule is Cn1c(=O)c2c(-c3ccccc3)n3c(c2n(C)c1=O)C(c1ccco1)OCC3(C)C. The van der Waals surface area contributed by atoms with Gasteiger partial charge >= 0.3 is 5.69 Å². The van der Waals surface area contributed by atoms with E-state index in [-0.39, 0.29) is 11.2 Å². The van der Waals surface area contributed by atoms with E-state index < -0.39 is 11.6 Å². The normalized spacial score (nSPS) is 17.9. The molecule has 0 saturated heterocycles. The van der Waals surface area contributed by atoms with E-state index in [0.717, 1.165) is 21.5 Å². The lowest BCUT2D eigenvalue weighted by Gasteiger charge is -2.38. The number of aryl methyl sites for hydroxylation is 1. The maximum Gasteiger partial charge on any atom is 0.331 e. The van der Waals surface area contributed by atoms with Crippen molar-refractivity contribution in [1.82, 2.24) is 13.7 Å². The van der Waals surface area contributed by atoms with Crippen molar-refractivity contribution in [2.45, 2.75) is 25.5 Å². The Bertz CT molecular complexity index is 1370. The maximum atomic E-state index is 13.4. The van der Waals surface area contributed by atoms with Gasteiger partial charge in [-0.2, -0.15) is 0 Å². The van der Waals surface area contributed by atoms with Gasteiger partial charge in [0.1, 0.15) is 5.76 Å². The maximum absolute atomic E-state index is 13.4. The Labute approximate surface area is 172 Å². The fourth-order valence-corrected chi connectivity index (χ4v) is 4.52. The number of benzene rings is 1.